The molecule has 0 bridgehead atoms. The number of rotatable bonds is 9. The van der Waals surface area contributed by atoms with Crippen molar-refractivity contribution in [2.24, 2.45) is 5.92 Å². The molecule has 0 radical (unpaired) electrons. The van der Waals surface area contributed by atoms with Crippen molar-refractivity contribution >= 4 is 0 Å². The molecule has 0 aliphatic heterocycles. The first kappa shape index (κ1) is 15.0. The van der Waals surface area contributed by atoms with Crippen LogP contribution in [0.4, 0.5) is 0 Å². The van der Waals surface area contributed by atoms with Crippen LogP contribution in [0.25, 0.3) is 0 Å². The van der Waals surface area contributed by atoms with E-state index in [1.165, 1.54) is 38.5 Å². The van der Waals surface area contributed by atoms with Crippen molar-refractivity contribution < 1.29 is 0 Å². The number of unbranched alkanes of at least 4 members (excludes halogenated alkanes) is 1. The number of hydrogen-bond donors (Lipinski definition) is 1. The van der Waals surface area contributed by atoms with Crippen molar-refractivity contribution in [3.8, 4) is 0 Å². The molecule has 0 aromatic rings. The maximum atomic E-state index is 3.80. The Morgan fingerprint density at radius 2 is 1.53 bits per heavy atom. The van der Waals surface area contributed by atoms with E-state index >= 15 is 0 Å². The highest BCUT2D eigenvalue weighted by molar-refractivity contribution is 4.75. The Balaban J connectivity index is 3.92. The molecular weight excluding hydrogens is 182 g/mol. The molecule has 0 aliphatic carbocycles. The Morgan fingerprint density at radius 1 is 0.933 bits per heavy atom. The molecule has 0 aromatic heterocycles. The molecule has 1 N–H and O–H groups in total. The summed E-state index contributed by atoms with van der Waals surface area (Å²) in [4.78, 5) is 0. The Labute approximate surface area is 97.0 Å². The van der Waals surface area contributed by atoms with Crippen LogP contribution in [0, 0.1) is 5.92 Å². The molecule has 1 nitrogen and oxygen atoms in total. The fourth-order valence-corrected chi connectivity index (χ4v) is 2.36. The fourth-order valence-electron chi connectivity index (χ4n) is 2.36. The number of nitrogens with one attached hydrogen (secondary N) is 1. The van der Waals surface area contributed by atoms with Gasteiger partial charge in [0.05, 0.1) is 0 Å². The molecule has 92 valence electrons. The highest BCUT2D eigenvalue weighted by Gasteiger charge is 2.16. The monoisotopic (exact) mass is 213 g/mol. The quantitative estimate of drug-likeness (QED) is 0.600. The summed E-state index contributed by atoms with van der Waals surface area (Å²) in [5, 5.41) is 3.80. The molecule has 2 atom stereocenters. The zero-order valence-corrected chi connectivity index (χ0v) is 11.5. The molecule has 0 heterocycles. The summed E-state index contributed by atoms with van der Waals surface area (Å²) in [5.74, 6) is 0.848. The van der Waals surface area contributed by atoms with E-state index in [4.69, 9.17) is 0 Å². The molecule has 15 heavy (non-hydrogen) atoms. The van der Waals surface area contributed by atoms with Gasteiger partial charge in [0.25, 0.3) is 0 Å². The van der Waals surface area contributed by atoms with Crippen molar-refractivity contribution in [1.82, 2.24) is 5.32 Å². The SMILES string of the molecule is CCCCC(CC)NC(C)C(CC)CC. The van der Waals surface area contributed by atoms with Crippen LogP contribution in [0.5, 0.6) is 0 Å². The second kappa shape index (κ2) is 9.21. The zero-order chi connectivity index (χ0) is 11.7. The van der Waals surface area contributed by atoms with E-state index in [1.54, 1.807) is 0 Å². The minimum atomic E-state index is 0.682. The largest absolute Gasteiger partial charge is 0.311 e. The van der Waals surface area contributed by atoms with Crippen molar-refractivity contribution in [1.29, 1.82) is 0 Å². The standard InChI is InChI=1S/C14H31N/c1-6-10-11-14(9-4)15-12(5)13(7-2)8-3/h12-15H,6-11H2,1-5H3. The van der Waals surface area contributed by atoms with Crippen LogP contribution in [0.1, 0.15) is 73.1 Å². The Bertz CT molecular complexity index is 129. The first-order valence-corrected chi connectivity index (χ1v) is 6.95. The van der Waals surface area contributed by atoms with Crippen LogP contribution in [-0.4, -0.2) is 12.1 Å². The maximum absolute atomic E-state index is 3.80. The average Bonchev–Trinajstić information content (AvgIpc) is 2.25. The molecule has 0 aliphatic rings. The van der Waals surface area contributed by atoms with Crippen molar-refractivity contribution in [3.63, 3.8) is 0 Å². The summed E-state index contributed by atoms with van der Waals surface area (Å²) in [6.07, 6.45) is 7.89. The third kappa shape index (κ3) is 6.19. The Morgan fingerprint density at radius 3 is 1.93 bits per heavy atom. The molecule has 1 heteroatoms. The molecular formula is C14H31N. The Kier molecular flexibility index (Phi) is 9.18. The summed E-state index contributed by atoms with van der Waals surface area (Å²) in [7, 11) is 0. The zero-order valence-electron chi connectivity index (χ0n) is 11.5. The topological polar surface area (TPSA) is 12.0 Å². The minimum absolute atomic E-state index is 0.682. The normalized spacial score (nSPS) is 15.6. The van der Waals surface area contributed by atoms with Gasteiger partial charge in [-0.1, -0.05) is 53.4 Å². The van der Waals surface area contributed by atoms with Gasteiger partial charge in [-0.25, -0.2) is 0 Å². The van der Waals surface area contributed by atoms with Gasteiger partial charge in [-0.15, -0.1) is 0 Å². The first-order valence-electron chi connectivity index (χ1n) is 6.95. The van der Waals surface area contributed by atoms with Gasteiger partial charge in [0.2, 0.25) is 0 Å². The summed E-state index contributed by atoms with van der Waals surface area (Å²) in [6, 6.07) is 1.42. The lowest BCUT2D eigenvalue weighted by molar-refractivity contribution is 0.306. The molecule has 2 unspecified atom stereocenters. The summed E-state index contributed by atoms with van der Waals surface area (Å²) >= 11 is 0. The molecule has 0 aromatic carbocycles. The van der Waals surface area contributed by atoms with Gasteiger partial charge in [0, 0.05) is 12.1 Å². The van der Waals surface area contributed by atoms with Crippen LogP contribution in [0.15, 0.2) is 0 Å². The molecule has 0 saturated heterocycles. The van der Waals surface area contributed by atoms with E-state index in [1.807, 2.05) is 0 Å². The van der Waals surface area contributed by atoms with Crippen molar-refractivity contribution in [2.75, 3.05) is 0 Å². The van der Waals surface area contributed by atoms with E-state index in [0.717, 1.165) is 12.0 Å². The molecule has 0 rings (SSSR count). The summed E-state index contributed by atoms with van der Waals surface area (Å²) < 4.78 is 0. The van der Waals surface area contributed by atoms with E-state index in [9.17, 15) is 0 Å². The Hall–Kier alpha value is -0.0400. The number of hydrogen-bond acceptors (Lipinski definition) is 1. The van der Waals surface area contributed by atoms with E-state index in [0.29, 0.717) is 6.04 Å². The van der Waals surface area contributed by atoms with Crippen LogP contribution in [0.3, 0.4) is 0 Å². The van der Waals surface area contributed by atoms with Gasteiger partial charge in [-0.05, 0) is 25.7 Å². The minimum Gasteiger partial charge on any atom is -0.311 e. The van der Waals surface area contributed by atoms with Crippen molar-refractivity contribution in [2.45, 2.75) is 85.2 Å². The molecule has 0 saturated carbocycles. The van der Waals surface area contributed by atoms with Gasteiger partial charge in [0.1, 0.15) is 0 Å². The predicted molar refractivity (Wildman–Crippen MR) is 70.3 cm³/mol. The van der Waals surface area contributed by atoms with Gasteiger partial charge < -0.3 is 5.32 Å². The third-order valence-electron chi connectivity index (χ3n) is 3.65. The third-order valence-corrected chi connectivity index (χ3v) is 3.65. The maximum Gasteiger partial charge on any atom is 0.00693 e. The van der Waals surface area contributed by atoms with E-state index < -0.39 is 0 Å². The fraction of sp³-hybridized carbons (Fsp3) is 1.00. The van der Waals surface area contributed by atoms with Gasteiger partial charge in [0.15, 0.2) is 0 Å². The molecule has 0 spiro atoms. The molecule has 0 amide bonds. The second-order valence-electron chi connectivity index (χ2n) is 4.78. The lowest BCUT2D eigenvalue weighted by Gasteiger charge is -2.27. The van der Waals surface area contributed by atoms with E-state index in [2.05, 4.69) is 39.9 Å². The smallest absolute Gasteiger partial charge is 0.00693 e. The van der Waals surface area contributed by atoms with Crippen LogP contribution in [0.2, 0.25) is 0 Å². The van der Waals surface area contributed by atoms with Crippen LogP contribution < -0.4 is 5.32 Å². The van der Waals surface area contributed by atoms with Crippen LogP contribution in [-0.2, 0) is 0 Å². The first-order chi connectivity index (χ1) is 7.19. The molecule has 0 fully saturated rings. The average molecular weight is 213 g/mol. The highest BCUT2D eigenvalue weighted by atomic mass is 14.9. The summed E-state index contributed by atoms with van der Waals surface area (Å²) in [6.45, 7) is 11.5. The lowest BCUT2D eigenvalue weighted by Crippen LogP contribution is -2.40. The van der Waals surface area contributed by atoms with Gasteiger partial charge in [-0.2, -0.15) is 0 Å². The second-order valence-corrected chi connectivity index (χ2v) is 4.78. The van der Waals surface area contributed by atoms with Gasteiger partial charge >= 0.3 is 0 Å². The van der Waals surface area contributed by atoms with Crippen molar-refractivity contribution in [3.05, 3.63) is 0 Å². The van der Waals surface area contributed by atoms with Gasteiger partial charge in [-0.3, -0.25) is 0 Å². The van der Waals surface area contributed by atoms with E-state index in [-0.39, 0.29) is 0 Å². The highest BCUT2D eigenvalue weighted by Crippen LogP contribution is 2.15. The predicted octanol–water partition coefficient (Wildman–Crippen LogP) is 4.37. The lowest BCUT2D eigenvalue weighted by atomic mass is 9.94. The summed E-state index contributed by atoms with van der Waals surface area (Å²) in [5.41, 5.74) is 0. The van der Waals surface area contributed by atoms with Crippen LogP contribution >= 0.6 is 0 Å².